The highest BCUT2D eigenvalue weighted by Gasteiger charge is 2.21. The predicted octanol–water partition coefficient (Wildman–Crippen LogP) is 4.20. The lowest BCUT2D eigenvalue weighted by atomic mass is 10.0. The number of benzene rings is 1. The Morgan fingerprint density at radius 3 is 2.71 bits per heavy atom. The first-order chi connectivity index (χ1) is 13.5. The molecule has 1 saturated heterocycles. The maximum absolute atomic E-state index is 12.6. The fourth-order valence-electron chi connectivity index (χ4n) is 3.84. The molecule has 3 rings (SSSR count). The van der Waals surface area contributed by atoms with Crippen LogP contribution in [0.4, 0.5) is 0 Å². The maximum atomic E-state index is 12.6. The van der Waals surface area contributed by atoms with Gasteiger partial charge in [-0.05, 0) is 52.1 Å². The number of likely N-dealkylation sites (tertiary alicyclic amines) is 1. The molecule has 0 aliphatic carbocycles. The van der Waals surface area contributed by atoms with E-state index in [0.29, 0.717) is 35.5 Å². The maximum Gasteiger partial charge on any atom is 0.256 e. The van der Waals surface area contributed by atoms with Gasteiger partial charge >= 0.3 is 0 Å². The van der Waals surface area contributed by atoms with Crippen LogP contribution in [0.1, 0.15) is 59.8 Å². The Bertz CT molecular complexity index is 800. The Morgan fingerprint density at radius 1 is 1.25 bits per heavy atom. The molecule has 1 N–H and O–H groups in total. The fourth-order valence-corrected chi connectivity index (χ4v) is 4.16. The van der Waals surface area contributed by atoms with Gasteiger partial charge in [0.15, 0.2) is 0 Å². The van der Waals surface area contributed by atoms with E-state index < -0.39 is 0 Å². The van der Waals surface area contributed by atoms with Gasteiger partial charge in [-0.1, -0.05) is 47.9 Å². The number of rotatable bonds is 7. The third-order valence-corrected chi connectivity index (χ3v) is 5.98. The molecule has 0 radical (unpaired) electrons. The smallest absolute Gasteiger partial charge is 0.256 e. The van der Waals surface area contributed by atoms with Gasteiger partial charge in [0.25, 0.3) is 5.91 Å². The number of hydrogen-bond donors (Lipinski definition) is 1. The SMILES string of the molecule is Cc1ccc(Cn2nc(C)c(C(=O)NCCCN3CCCCC3C)c2Cl)cc1. The van der Waals surface area contributed by atoms with Crippen LogP contribution >= 0.6 is 11.6 Å². The third kappa shape index (κ3) is 5.15. The first kappa shape index (κ1) is 20.9. The number of piperidine rings is 1. The second-order valence-corrected chi connectivity index (χ2v) is 8.24. The van der Waals surface area contributed by atoms with Gasteiger partial charge in [0.2, 0.25) is 0 Å². The summed E-state index contributed by atoms with van der Waals surface area (Å²) in [5.74, 6) is -0.135. The molecule has 1 atom stereocenters. The third-order valence-electron chi connectivity index (χ3n) is 5.59. The van der Waals surface area contributed by atoms with Crippen molar-refractivity contribution in [2.24, 2.45) is 0 Å². The van der Waals surface area contributed by atoms with Gasteiger partial charge in [-0.3, -0.25) is 4.79 Å². The molecular formula is C22H31ClN4O. The zero-order chi connectivity index (χ0) is 20.1. The molecule has 1 aromatic heterocycles. The molecule has 1 unspecified atom stereocenters. The molecule has 1 aliphatic rings. The molecule has 2 aromatic rings. The van der Waals surface area contributed by atoms with E-state index in [9.17, 15) is 4.79 Å². The van der Waals surface area contributed by atoms with Gasteiger partial charge in [0.1, 0.15) is 5.15 Å². The van der Waals surface area contributed by atoms with Gasteiger partial charge in [-0.15, -0.1) is 0 Å². The Hall–Kier alpha value is -1.85. The molecule has 152 valence electrons. The second-order valence-electron chi connectivity index (χ2n) is 7.88. The van der Waals surface area contributed by atoms with Crippen LogP contribution in [0, 0.1) is 13.8 Å². The van der Waals surface area contributed by atoms with Crippen LogP contribution in [0.15, 0.2) is 24.3 Å². The summed E-state index contributed by atoms with van der Waals surface area (Å²) < 4.78 is 1.70. The largest absolute Gasteiger partial charge is 0.352 e. The van der Waals surface area contributed by atoms with Crippen molar-refractivity contribution in [1.82, 2.24) is 20.0 Å². The zero-order valence-electron chi connectivity index (χ0n) is 17.2. The van der Waals surface area contributed by atoms with Gasteiger partial charge in [-0.25, -0.2) is 4.68 Å². The van der Waals surface area contributed by atoms with Crippen molar-refractivity contribution in [2.75, 3.05) is 19.6 Å². The summed E-state index contributed by atoms with van der Waals surface area (Å²) in [6.45, 7) is 9.60. The Morgan fingerprint density at radius 2 is 2.00 bits per heavy atom. The Kier molecular flexibility index (Phi) is 7.13. The number of hydrogen-bond acceptors (Lipinski definition) is 3. The summed E-state index contributed by atoms with van der Waals surface area (Å²) in [5.41, 5.74) is 3.47. The number of amides is 1. The number of nitrogens with one attached hydrogen (secondary N) is 1. The highest BCUT2D eigenvalue weighted by molar-refractivity contribution is 6.33. The minimum atomic E-state index is -0.135. The molecule has 1 fully saturated rings. The van der Waals surface area contributed by atoms with Crippen LogP contribution in [0.2, 0.25) is 5.15 Å². The normalized spacial score (nSPS) is 17.6. The predicted molar refractivity (Wildman–Crippen MR) is 114 cm³/mol. The Balaban J connectivity index is 1.54. The summed E-state index contributed by atoms with van der Waals surface area (Å²) in [4.78, 5) is 15.2. The topological polar surface area (TPSA) is 50.2 Å². The van der Waals surface area contributed by atoms with E-state index in [2.05, 4.69) is 53.4 Å². The lowest BCUT2D eigenvalue weighted by Crippen LogP contribution is -2.39. The quantitative estimate of drug-likeness (QED) is 0.706. The first-order valence-corrected chi connectivity index (χ1v) is 10.6. The fraction of sp³-hybridized carbons (Fsp3) is 0.545. The minimum Gasteiger partial charge on any atom is -0.352 e. The van der Waals surface area contributed by atoms with E-state index in [1.807, 2.05) is 6.92 Å². The number of halogens is 1. The molecule has 1 aromatic carbocycles. The number of nitrogens with zero attached hydrogens (tertiary/aromatic N) is 3. The second kappa shape index (κ2) is 9.57. The number of carbonyl (C=O) groups excluding carboxylic acids is 1. The van der Waals surface area contributed by atoms with E-state index in [-0.39, 0.29) is 5.91 Å². The number of aryl methyl sites for hydroxylation is 2. The van der Waals surface area contributed by atoms with Crippen molar-refractivity contribution < 1.29 is 4.79 Å². The van der Waals surface area contributed by atoms with E-state index in [1.54, 1.807) is 4.68 Å². The molecule has 28 heavy (non-hydrogen) atoms. The summed E-state index contributed by atoms with van der Waals surface area (Å²) in [7, 11) is 0. The van der Waals surface area contributed by atoms with E-state index in [1.165, 1.54) is 31.4 Å². The highest BCUT2D eigenvalue weighted by atomic mass is 35.5. The molecule has 0 saturated carbocycles. The summed E-state index contributed by atoms with van der Waals surface area (Å²) >= 11 is 6.49. The molecule has 2 heterocycles. The van der Waals surface area contributed by atoms with Crippen LogP contribution in [0.5, 0.6) is 0 Å². The zero-order valence-corrected chi connectivity index (χ0v) is 17.9. The average Bonchev–Trinajstić information content (AvgIpc) is 2.95. The van der Waals surface area contributed by atoms with Gasteiger partial charge in [-0.2, -0.15) is 5.10 Å². The Labute approximate surface area is 173 Å². The molecule has 0 spiro atoms. The molecule has 5 nitrogen and oxygen atoms in total. The van der Waals surface area contributed by atoms with Gasteiger partial charge in [0, 0.05) is 19.1 Å². The molecule has 6 heteroatoms. The van der Waals surface area contributed by atoms with Crippen molar-refractivity contribution in [1.29, 1.82) is 0 Å². The molecule has 0 bridgehead atoms. The van der Waals surface area contributed by atoms with Crippen molar-refractivity contribution in [2.45, 2.75) is 59.0 Å². The van der Waals surface area contributed by atoms with E-state index in [0.717, 1.165) is 18.5 Å². The lowest BCUT2D eigenvalue weighted by Gasteiger charge is -2.33. The van der Waals surface area contributed by atoms with Crippen LogP contribution < -0.4 is 5.32 Å². The highest BCUT2D eigenvalue weighted by Crippen LogP contribution is 2.21. The first-order valence-electron chi connectivity index (χ1n) is 10.3. The lowest BCUT2D eigenvalue weighted by molar-refractivity contribution is 0.0948. The molecule has 1 amide bonds. The molecular weight excluding hydrogens is 372 g/mol. The average molecular weight is 403 g/mol. The van der Waals surface area contributed by atoms with Crippen LogP contribution in [0.3, 0.4) is 0 Å². The van der Waals surface area contributed by atoms with Gasteiger partial charge < -0.3 is 10.2 Å². The van der Waals surface area contributed by atoms with Crippen molar-refractivity contribution in [3.05, 3.63) is 51.8 Å². The summed E-state index contributed by atoms with van der Waals surface area (Å²) in [6.07, 6.45) is 4.84. The van der Waals surface area contributed by atoms with E-state index >= 15 is 0 Å². The number of aromatic nitrogens is 2. The van der Waals surface area contributed by atoms with Crippen molar-refractivity contribution >= 4 is 17.5 Å². The van der Waals surface area contributed by atoms with Crippen LogP contribution in [-0.4, -0.2) is 46.3 Å². The van der Waals surface area contributed by atoms with Crippen LogP contribution in [-0.2, 0) is 6.54 Å². The number of carbonyl (C=O) groups is 1. The van der Waals surface area contributed by atoms with E-state index in [4.69, 9.17) is 11.6 Å². The molecule has 1 aliphatic heterocycles. The van der Waals surface area contributed by atoms with Gasteiger partial charge in [0.05, 0.1) is 17.8 Å². The summed E-state index contributed by atoms with van der Waals surface area (Å²) in [5, 5.41) is 7.90. The van der Waals surface area contributed by atoms with Crippen LogP contribution in [0.25, 0.3) is 0 Å². The monoisotopic (exact) mass is 402 g/mol. The minimum absolute atomic E-state index is 0.135. The standard InChI is InChI=1S/C22H31ClN4O/c1-16-8-10-19(11-9-16)15-27-21(23)20(18(3)25-27)22(28)24-12-6-14-26-13-5-4-7-17(26)2/h8-11,17H,4-7,12-15H2,1-3H3,(H,24,28). The summed E-state index contributed by atoms with van der Waals surface area (Å²) in [6, 6.07) is 8.90. The van der Waals surface area contributed by atoms with Crippen molar-refractivity contribution in [3.63, 3.8) is 0 Å². The van der Waals surface area contributed by atoms with Crippen molar-refractivity contribution in [3.8, 4) is 0 Å².